The van der Waals surface area contributed by atoms with Crippen LogP contribution >= 0.6 is 0 Å². The van der Waals surface area contributed by atoms with E-state index in [1.807, 2.05) is 10.7 Å². The fourth-order valence-electron chi connectivity index (χ4n) is 1.41. The highest BCUT2D eigenvalue weighted by Gasteiger charge is 2.04. The lowest BCUT2D eigenvalue weighted by atomic mass is 10.3. The third-order valence-electron chi connectivity index (χ3n) is 2.15. The Bertz CT molecular complexity index is 275. The molecule has 0 spiro atoms. The smallest absolute Gasteiger partial charge is 0.0897 e. The molecular weight excluding hydrogens is 194 g/mol. The van der Waals surface area contributed by atoms with Crippen LogP contribution in [0.5, 0.6) is 0 Å². The summed E-state index contributed by atoms with van der Waals surface area (Å²) < 4.78 is 6.76. The van der Waals surface area contributed by atoms with E-state index in [-0.39, 0.29) is 0 Å². The van der Waals surface area contributed by atoms with Crippen LogP contribution in [0.2, 0.25) is 0 Å². The van der Waals surface area contributed by atoms with Gasteiger partial charge in [0.05, 0.1) is 18.4 Å². The number of aromatic nitrogens is 2. The van der Waals surface area contributed by atoms with E-state index in [2.05, 4.69) is 17.3 Å². The first-order valence-electron chi connectivity index (χ1n) is 5.16. The number of aryl methyl sites for hydroxylation is 1. The van der Waals surface area contributed by atoms with Crippen molar-refractivity contribution in [3.05, 3.63) is 18.0 Å². The van der Waals surface area contributed by atoms with Gasteiger partial charge in [-0.3, -0.25) is 4.68 Å². The SMILES string of the molecule is CCn1nccc1CNCC(O)COC. The first-order valence-corrected chi connectivity index (χ1v) is 5.16. The van der Waals surface area contributed by atoms with Crippen molar-refractivity contribution >= 4 is 0 Å². The zero-order valence-corrected chi connectivity index (χ0v) is 9.31. The van der Waals surface area contributed by atoms with Gasteiger partial charge >= 0.3 is 0 Å². The van der Waals surface area contributed by atoms with Gasteiger partial charge < -0.3 is 15.2 Å². The molecule has 1 atom stereocenters. The minimum absolute atomic E-state index is 0.361. The largest absolute Gasteiger partial charge is 0.389 e. The molecule has 0 fully saturated rings. The minimum atomic E-state index is -0.451. The average Bonchev–Trinajstić information content (AvgIpc) is 2.66. The van der Waals surface area contributed by atoms with E-state index in [0.717, 1.165) is 12.2 Å². The molecule has 1 rings (SSSR count). The van der Waals surface area contributed by atoms with Gasteiger partial charge in [0.2, 0.25) is 0 Å². The van der Waals surface area contributed by atoms with Gasteiger partial charge in [0, 0.05) is 32.9 Å². The molecule has 0 radical (unpaired) electrons. The van der Waals surface area contributed by atoms with E-state index in [1.54, 1.807) is 13.3 Å². The second kappa shape index (κ2) is 6.55. The summed E-state index contributed by atoms with van der Waals surface area (Å²) >= 11 is 0. The Morgan fingerprint density at radius 3 is 3.13 bits per heavy atom. The molecule has 0 aliphatic carbocycles. The zero-order chi connectivity index (χ0) is 11.1. The van der Waals surface area contributed by atoms with Crippen molar-refractivity contribution in [3.63, 3.8) is 0 Å². The third kappa shape index (κ3) is 3.99. The van der Waals surface area contributed by atoms with Crippen molar-refractivity contribution in [2.24, 2.45) is 0 Å². The molecule has 0 aliphatic rings. The first-order chi connectivity index (χ1) is 7.27. The Hall–Kier alpha value is -0.910. The van der Waals surface area contributed by atoms with Gasteiger partial charge in [-0.15, -0.1) is 0 Å². The van der Waals surface area contributed by atoms with Crippen LogP contribution in [-0.2, 0) is 17.8 Å². The maximum atomic E-state index is 9.39. The number of ether oxygens (including phenoxy) is 1. The molecule has 0 saturated heterocycles. The Morgan fingerprint density at radius 1 is 1.67 bits per heavy atom. The fourth-order valence-corrected chi connectivity index (χ4v) is 1.41. The van der Waals surface area contributed by atoms with Gasteiger partial charge in [0.15, 0.2) is 0 Å². The van der Waals surface area contributed by atoms with Crippen molar-refractivity contribution in [2.75, 3.05) is 20.3 Å². The number of aliphatic hydroxyl groups excluding tert-OH is 1. The summed E-state index contributed by atoms with van der Waals surface area (Å²) in [5.41, 5.74) is 1.13. The van der Waals surface area contributed by atoms with Crippen molar-refractivity contribution in [1.29, 1.82) is 0 Å². The standard InChI is InChI=1S/C10H19N3O2/c1-3-13-9(4-5-12-13)6-11-7-10(14)8-15-2/h4-5,10-11,14H,3,6-8H2,1-2H3. The van der Waals surface area contributed by atoms with Gasteiger partial charge in [-0.1, -0.05) is 0 Å². The molecule has 0 aromatic carbocycles. The maximum absolute atomic E-state index is 9.39. The predicted octanol–water partition coefficient (Wildman–Crippen LogP) is -0.000100. The molecule has 1 aromatic heterocycles. The summed E-state index contributed by atoms with van der Waals surface area (Å²) in [6.45, 7) is 4.53. The van der Waals surface area contributed by atoms with Crippen LogP contribution in [0.4, 0.5) is 0 Å². The van der Waals surface area contributed by atoms with Crippen molar-refractivity contribution in [1.82, 2.24) is 15.1 Å². The van der Waals surface area contributed by atoms with Crippen LogP contribution in [0.25, 0.3) is 0 Å². The van der Waals surface area contributed by atoms with Crippen molar-refractivity contribution in [2.45, 2.75) is 26.1 Å². The highest BCUT2D eigenvalue weighted by Crippen LogP contribution is 1.97. The molecule has 5 heteroatoms. The monoisotopic (exact) mass is 213 g/mol. The quantitative estimate of drug-likeness (QED) is 0.669. The van der Waals surface area contributed by atoms with E-state index >= 15 is 0 Å². The summed E-state index contributed by atoms with van der Waals surface area (Å²) in [4.78, 5) is 0. The molecule has 15 heavy (non-hydrogen) atoms. The lowest BCUT2D eigenvalue weighted by molar-refractivity contribution is 0.0643. The van der Waals surface area contributed by atoms with E-state index in [0.29, 0.717) is 19.7 Å². The zero-order valence-electron chi connectivity index (χ0n) is 9.31. The fraction of sp³-hybridized carbons (Fsp3) is 0.700. The van der Waals surface area contributed by atoms with Crippen LogP contribution in [0.3, 0.4) is 0 Å². The summed E-state index contributed by atoms with van der Waals surface area (Å²) in [6.07, 6.45) is 1.33. The predicted molar refractivity (Wildman–Crippen MR) is 57.5 cm³/mol. The first kappa shape index (κ1) is 12.2. The van der Waals surface area contributed by atoms with E-state index in [1.165, 1.54) is 0 Å². The Labute approximate surface area is 90.1 Å². The number of nitrogens with zero attached hydrogens (tertiary/aromatic N) is 2. The second-order valence-electron chi connectivity index (χ2n) is 3.38. The number of methoxy groups -OCH3 is 1. The molecule has 1 unspecified atom stereocenters. The summed E-state index contributed by atoms with van der Waals surface area (Å²) in [7, 11) is 1.58. The topological polar surface area (TPSA) is 59.3 Å². The van der Waals surface area contributed by atoms with E-state index in [9.17, 15) is 5.11 Å². The van der Waals surface area contributed by atoms with Gasteiger partial charge in [0.25, 0.3) is 0 Å². The van der Waals surface area contributed by atoms with Crippen LogP contribution in [-0.4, -0.2) is 41.3 Å². The summed E-state index contributed by atoms with van der Waals surface area (Å²) in [5, 5.41) is 16.7. The van der Waals surface area contributed by atoms with Gasteiger partial charge in [-0.2, -0.15) is 5.10 Å². The Morgan fingerprint density at radius 2 is 2.47 bits per heavy atom. The number of hydrogen-bond acceptors (Lipinski definition) is 4. The molecule has 86 valence electrons. The molecule has 1 aromatic rings. The highest BCUT2D eigenvalue weighted by molar-refractivity contribution is 4.99. The molecule has 0 aliphatic heterocycles. The summed E-state index contributed by atoms with van der Waals surface area (Å²) in [5.74, 6) is 0. The molecule has 2 N–H and O–H groups in total. The molecule has 0 amide bonds. The molecule has 0 saturated carbocycles. The summed E-state index contributed by atoms with van der Waals surface area (Å²) in [6, 6.07) is 1.97. The van der Waals surface area contributed by atoms with Crippen LogP contribution in [0, 0.1) is 0 Å². The number of aliphatic hydroxyl groups is 1. The molecule has 0 bridgehead atoms. The second-order valence-corrected chi connectivity index (χ2v) is 3.38. The number of hydrogen-bond donors (Lipinski definition) is 2. The van der Waals surface area contributed by atoms with Gasteiger partial charge in [0.1, 0.15) is 0 Å². The van der Waals surface area contributed by atoms with E-state index in [4.69, 9.17) is 4.74 Å². The van der Waals surface area contributed by atoms with Gasteiger partial charge in [-0.05, 0) is 13.0 Å². The lowest BCUT2D eigenvalue weighted by Gasteiger charge is -2.11. The average molecular weight is 213 g/mol. The molecular formula is C10H19N3O2. The van der Waals surface area contributed by atoms with E-state index < -0.39 is 6.10 Å². The van der Waals surface area contributed by atoms with Crippen LogP contribution in [0.1, 0.15) is 12.6 Å². The number of nitrogens with one attached hydrogen (secondary N) is 1. The maximum Gasteiger partial charge on any atom is 0.0897 e. The number of rotatable bonds is 7. The third-order valence-corrected chi connectivity index (χ3v) is 2.15. The normalized spacial score (nSPS) is 13.0. The van der Waals surface area contributed by atoms with Crippen molar-refractivity contribution in [3.8, 4) is 0 Å². The van der Waals surface area contributed by atoms with Crippen molar-refractivity contribution < 1.29 is 9.84 Å². The highest BCUT2D eigenvalue weighted by atomic mass is 16.5. The molecule has 1 heterocycles. The Balaban J connectivity index is 2.25. The lowest BCUT2D eigenvalue weighted by Crippen LogP contribution is -2.30. The Kier molecular flexibility index (Phi) is 5.31. The van der Waals surface area contributed by atoms with Crippen LogP contribution < -0.4 is 5.32 Å². The van der Waals surface area contributed by atoms with Crippen LogP contribution in [0.15, 0.2) is 12.3 Å². The van der Waals surface area contributed by atoms with Gasteiger partial charge in [-0.25, -0.2) is 0 Å². The minimum Gasteiger partial charge on any atom is -0.389 e. The molecule has 5 nitrogen and oxygen atoms in total.